The fourth-order valence-electron chi connectivity index (χ4n) is 1.85. The number of hydrogen-bond acceptors (Lipinski definition) is 5. The van der Waals surface area contributed by atoms with E-state index in [4.69, 9.17) is 27.4 Å². The van der Waals surface area contributed by atoms with Crippen LogP contribution in [0.25, 0.3) is 0 Å². The number of methoxy groups -OCH3 is 1. The quantitative estimate of drug-likeness (QED) is 0.370. The van der Waals surface area contributed by atoms with E-state index in [0.717, 1.165) is 34.9 Å². The third kappa shape index (κ3) is 6.65. The van der Waals surface area contributed by atoms with Crippen LogP contribution >= 0.6 is 24.0 Å². The Morgan fingerprint density at radius 2 is 2.14 bits per heavy atom. The maximum atomic E-state index is 5.87. The van der Waals surface area contributed by atoms with Gasteiger partial charge >= 0.3 is 0 Å². The summed E-state index contributed by atoms with van der Waals surface area (Å²) in [4.78, 5) is 1.57. The zero-order chi connectivity index (χ0) is 15.5. The van der Waals surface area contributed by atoms with Crippen LogP contribution in [0.1, 0.15) is 18.9 Å². The Hall–Kier alpha value is -0.820. The van der Waals surface area contributed by atoms with Gasteiger partial charge in [0.1, 0.15) is 4.99 Å². The third-order valence-corrected chi connectivity index (χ3v) is 3.93. The number of anilines is 1. The standard InChI is InChI=1S/C15H24N2O2S2/c1-3-21-13-7-4-6-12(14(13)15(16)20)17-8-5-9-19-11-10-18-2/h4,6-7,17H,3,5,8-11H2,1-2H3,(H2,16,20). The van der Waals surface area contributed by atoms with Crippen LogP contribution in [0, 0.1) is 0 Å². The zero-order valence-corrected chi connectivity index (χ0v) is 14.3. The highest BCUT2D eigenvalue weighted by molar-refractivity contribution is 7.99. The minimum Gasteiger partial charge on any atom is -0.389 e. The monoisotopic (exact) mass is 328 g/mol. The molecule has 0 spiro atoms. The summed E-state index contributed by atoms with van der Waals surface area (Å²) in [5.74, 6) is 0.992. The molecular weight excluding hydrogens is 304 g/mol. The number of hydrogen-bond donors (Lipinski definition) is 2. The SMILES string of the molecule is CCSc1cccc(NCCCOCCOC)c1C(N)=S. The zero-order valence-electron chi connectivity index (χ0n) is 12.7. The smallest absolute Gasteiger partial charge is 0.107 e. The predicted molar refractivity (Wildman–Crippen MR) is 94.5 cm³/mol. The lowest BCUT2D eigenvalue weighted by Crippen LogP contribution is -2.16. The van der Waals surface area contributed by atoms with Gasteiger partial charge in [-0.2, -0.15) is 0 Å². The van der Waals surface area contributed by atoms with Crippen LogP contribution in [0.5, 0.6) is 0 Å². The first-order valence-electron chi connectivity index (χ1n) is 7.06. The highest BCUT2D eigenvalue weighted by atomic mass is 32.2. The van der Waals surface area contributed by atoms with Crippen LogP contribution in [0.2, 0.25) is 0 Å². The van der Waals surface area contributed by atoms with Crippen LogP contribution in [0.4, 0.5) is 5.69 Å². The summed E-state index contributed by atoms with van der Waals surface area (Å²) < 4.78 is 10.4. The molecule has 0 aliphatic carbocycles. The minimum absolute atomic E-state index is 0.436. The molecule has 118 valence electrons. The van der Waals surface area contributed by atoms with Crippen molar-refractivity contribution in [2.75, 3.05) is 44.5 Å². The summed E-state index contributed by atoms with van der Waals surface area (Å²) in [5.41, 5.74) is 7.81. The Morgan fingerprint density at radius 3 is 2.81 bits per heavy atom. The van der Waals surface area contributed by atoms with Crippen molar-refractivity contribution in [3.8, 4) is 0 Å². The summed E-state index contributed by atoms with van der Waals surface area (Å²) in [7, 11) is 1.67. The summed E-state index contributed by atoms with van der Waals surface area (Å²) >= 11 is 6.94. The second-order valence-corrected chi connectivity index (χ2v) is 6.11. The second kappa shape index (κ2) is 10.8. The topological polar surface area (TPSA) is 56.5 Å². The maximum Gasteiger partial charge on any atom is 0.107 e. The lowest BCUT2D eigenvalue weighted by Gasteiger charge is -2.14. The van der Waals surface area contributed by atoms with Gasteiger partial charge in [0.2, 0.25) is 0 Å². The van der Waals surface area contributed by atoms with Gasteiger partial charge in [-0.3, -0.25) is 0 Å². The highest BCUT2D eigenvalue weighted by Crippen LogP contribution is 2.28. The molecule has 0 aliphatic rings. The molecule has 0 saturated carbocycles. The number of rotatable bonds is 11. The van der Waals surface area contributed by atoms with Crippen LogP contribution in [-0.2, 0) is 9.47 Å². The molecule has 3 N–H and O–H groups in total. The Labute approximate surface area is 136 Å². The largest absolute Gasteiger partial charge is 0.389 e. The molecule has 0 unspecified atom stereocenters. The van der Waals surface area contributed by atoms with Gasteiger partial charge in [-0.1, -0.05) is 25.2 Å². The number of benzene rings is 1. The first kappa shape index (κ1) is 18.2. The van der Waals surface area contributed by atoms with Gasteiger partial charge in [0, 0.05) is 36.4 Å². The van der Waals surface area contributed by atoms with Crippen LogP contribution in [0.15, 0.2) is 23.1 Å². The molecule has 0 amide bonds. The van der Waals surface area contributed by atoms with Crippen molar-refractivity contribution in [3.63, 3.8) is 0 Å². The summed E-state index contributed by atoms with van der Waals surface area (Å²) in [6.45, 7) is 4.92. The highest BCUT2D eigenvalue weighted by Gasteiger charge is 2.10. The second-order valence-electron chi connectivity index (χ2n) is 4.36. The molecule has 1 aromatic carbocycles. The number of nitrogens with two attached hydrogens (primary N) is 1. The van der Waals surface area contributed by atoms with Crippen molar-refractivity contribution < 1.29 is 9.47 Å². The number of ether oxygens (including phenoxy) is 2. The lowest BCUT2D eigenvalue weighted by atomic mass is 10.1. The van der Waals surface area contributed by atoms with Crippen molar-refractivity contribution in [2.45, 2.75) is 18.2 Å². The predicted octanol–water partition coefficient (Wildman–Crippen LogP) is 2.90. The molecule has 0 fully saturated rings. The fraction of sp³-hybridized carbons (Fsp3) is 0.533. The van der Waals surface area contributed by atoms with E-state index >= 15 is 0 Å². The average Bonchev–Trinajstić information content (AvgIpc) is 2.46. The van der Waals surface area contributed by atoms with E-state index in [0.29, 0.717) is 24.8 Å². The van der Waals surface area contributed by atoms with E-state index in [-0.39, 0.29) is 0 Å². The van der Waals surface area contributed by atoms with Crippen molar-refractivity contribution in [1.29, 1.82) is 0 Å². The van der Waals surface area contributed by atoms with Crippen LogP contribution in [0.3, 0.4) is 0 Å². The van der Waals surface area contributed by atoms with Gasteiger partial charge in [-0.15, -0.1) is 11.8 Å². The van der Waals surface area contributed by atoms with E-state index in [1.165, 1.54) is 0 Å². The van der Waals surface area contributed by atoms with Crippen molar-refractivity contribution in [2.24, 2.45) is 5.73 Å². The Balaban J connectivity index is 2.50. The average molecular weight is 329 g/mol. The van der Waals surface area contributed by atoms with Crippen LogP contribution in [-0.4, -0.2) is 44.2 Å². The summed E-state index contributed by atoms with van der Waals surface area (Å²) in [6.07, 6.45) is 0.922. The van der Waals surface area contributed by atoms with Crippen molar-refractivity contribution in [1.82, 2.24) is 0 Å². The van der Waals surface area contributed by atoms with Gasteiger partial charge in [0.15, 0.2) is 0 Å². The van der Waals surface area contributed by atoms with Crippen molar-refractivity contribution in [3.05, 3.63) is 23.8 Å². The molecule has 0 heterocycles. The van der Waals surface area contributed by atoms with Gasteiger partial charge in [-0.25, -0.2) is 0 Å². The molecule has 0 aromatic heterocycles. The Kier molecular flexibility index (Phi) is 9.41. The molecule has 6 heteroatoms. The fourth-order valence-corrected chi connectivity index (χ4v) is 2.98. The molecule has 0 saturated heterocycles. The third-order valence-electron chi connectivity index (χ3n) is 2.79. The minimum atomic E-state index is 0.436. The first-order valence-corrected chi connectivity index (χ1v) is 8.46. The molecule has 0 bridgehead atoms. The first-order chi connectivity index (χ1) is 10.2. The molecule has 1 rings (SSSR count). The van der Waals surface area contributed by atoms with E-state index in [9.17, 15) is 0 Å². The summed E-state index contributed by atoms with van der Waals surface area (Å²) in [5, 5.41) is 3.39. The van der Waals surface area contributed by atoms with E-state index in [1.807, 2.05) is 12.1 Å². The van der Waals surface area contributed by atoms with Crippen molar-refractivity contribution >= 4 is 34.7 Å². The van der Waals surface area contributed by atoms with E-state index < -0.39 is 0 Å². The molecule has 4 nitrogen and oxygen atoms in total. The van der Waals surface area contributed by atoms with Gasteiger partial charge < -0.3 is 20.5 Å². The van der Waals surface area contributed by atoms with Gasteiger partial charge in [0.25, 0.3) is 0 Å². The molecule has 0 radical (unpaired) electrons. The van der Waals surface area contributed by atoms with E-state index in [2.05, 4.69) is 18.3 Å². The maximum absolute atomic E-state index is 5.87. The summed E-state index contributed by atoms with van der Waals surface area (Å²) in [6, 6.07) is 6.10. The number of thioether (sulfide) groups is 1. The normalized spacial score (nSPS) is 10.6. The molecule has 0 atom stereocenters. The molecule has 1 aromatic rings. The van der Waals surface area contributed by atoms with Gasteiger partial charge in [0.05, 0.1) is 13.2 Å². The number of thiocarbonyl (C=S) groups is 1. The molecule has 0 aliphatic heterocycles. The Morgan fingerprint density at radius 1 is 1.33 bits per heavy atom. The number of nitrogens with one attached hydrogen (secondary N) is 1. The van der Waals surface area contributed by atoms with E-state index in [1.54, 1.807) is 18.9 Å². The lowest BCUT2D eigenvalue weighted by molar-refractivity contribution is 0.0705. The Bertz CT molecular complexity index is 442. The molecular formula is C15H24N2O2S2. The molecule has 21 heavy (non-hydrogen) atoms. The van der Waals surface area contributed by atoms with Crippen LogP contribution < -0.4 is 11.1 Å². The van der Waals surface area contributed by atoms with Gasteiger partial charge in [-0.05, 0) is 24.3 Å².